The maximum absolute atomic E-state index is 12.2. The average Bonchev–Trinajstić information content (AvgIpc) is 2.91. The van der Waals surface area contributed by atoms with E-state index in [4.69, 9.17) is 5.73 Å². The maximum Gasteiger partial charge on any atom is 0.252 e. The van der Waals surface area contributed by atoms with Crippen LogP contribution in [0.1, 0.15) is 21.7 Å². The summed E-state index contributed by atoms with van der Waals surface area (Å²) in [6, 6.07) is 7.20. The third-order valence-corrected chi connectivity index (χ3v) is 2.78. The minimum Gasteiger partial charge on any atom is -0.352 e. The number of hydrogen-bond donors (Lipinski definition) is 2. The van der Waals surface area contributed by atoms with E-state index in [1.165, 1.54) is 0 Å². The Bertz CT molecular complexity index is 681. The zero-order chi connectivity index (χ0) is 15.1. The van der Waals surface area contributed by atoms with Crippen molar-refractivity contribution in [2.24, 2.45) is 12.8 Å². The van der Waals surface area contributed by atoms with Crippen molar-refractivity contribution >= 4 is 5.91 Å². The van der Waals surface area contributed by atoms with Crippen LogP contribution in [0.15, 0.2) is 30.6 Å². The fraction of sp³-hybridized carbons (Fsp3) is 0.267. The highest BCUT2D eigenvalue weighted by molar-refractivity contribution is 5.96. The van der Waals surface area contributed by atoms with Crippen LogP contribution < -0.4 is 11.1 Å². The fourth-order valence-corrected chi connectivity index (χ4v) is 1.82. The molecule has 2 rings (SSSR count). The summed E-state index contributed by atoms with van der Waals surface area (Å²) in [5.41, 5.74) is 6.58. The Labute approximate surface area is 123 Å². The van der Waals surface area contributed by atoms with Crippen LogP contribution in [0.5, 0.6) is 0 Å². The van der Waals surface area contributed by atoms with E-state index >= 15 is 0 Å². The molecule has 0 saturated carbocycles. The summed E-state index contributed by atoms with van der Waals surface area (Å²) >= 11 is 0. The topological polar surface area (TPSA) is 85.8 Å². The van der Waals surface area contributed by atoms with Crippen LogP contribution in [-0.2, 0) is 13.5 Å². The van der Waals surface area contributed by atoms with Crippen molar-refractivity contribution < 1.29 is 4.79 Å². The largest absolute Gasteiger partial charge is 0.352 e. The molecule has 0 aliphatic rings. The minimum atomic E-state index is -0.159. The molecule has 0 aliphatic heterocycles. The van der Waals surface area contributed by atoms with E-state index in [1.807, 2.05) is 12.1 Å². The van der Waals surface area contributed by atoms with Crippen LogP contribution >= 0.6 is 0 Å². The van der Waals surface area contributed by atoms with Gasteiger partial charge in [-0.3, -0.25) is 9.48 Å². The first-order valence-electron chi connectivity index (χ1n) is 6.61. The molecule has 0 atom stereocenters. The maximum atomic E-state index is 12.2. The number of aromatic nitrogens is 3. The average molecular weight is 283 g/mol. The highest BCUT2D eigenvalue weighted by Crippen LogP contribution is 2.07. The van der Waals surface area contributed by atoms with Gasteiger partial charge in [0.05, 0.1) is 12.1 Å². The van der Waals surface area contributed by atoms with Crippen molar-refractivity contribution in [1.29, 1.82) is 0 Å². The van der Waals surface area contributed by atoms with Crippen LogP contribution in [0.3, 0.4) is 0 Å². The van der Waals surface area contributed by atoms with Gasteiger partial charge in [0, 0.05) is 25.6 Å². The van der Waals surface area contributed by atoms with E-state index in [1.54, 1.807) is 30.2 Å². The Hall–Kier alpha value is -2.65. The van der Waals surface area contributed by atoms with Gasteiger partial charge in [-0.15, -0.1) is 0 Å². The molecule has 0 spiro atoms. The quantitative estimate of drug-likeness (QED) is 0.779. The zero-order valence-corrected chi connectivity index (χ0v) is 11.8. The standard InChI is InChI=1S/C15H17N5O/c1-20-11-18-14(19-20)8-10-17-15(21)13-7-3-2-5-12(13)6-4-9-16/h2-3,5,7,11H,8-10,16H2,1H3,(H,17,21). The van der Waals surface area contributed by atoms with Crippen molar-refractivity contribution in [2.75, 3.05) is 13.1 Å². The molecule has 108 valence electrons. The summed E-state index contributed by atoms with van der Waals surface area (Å²) in [5, 5.41) is 7.00. The third kappa shape index (κ3) is 4.16. The first-order chi connectivity index (χ1) is 10.2. The molecule has 0 radical (unpaired) electrons. The van der Waals surface area contributed by atoms with Gasteiger partial charge in [0.15, 0.2) is 5.82 Å². The lowest BCUT2D eigenvalue weighted by Gasteiger charge is -2.05. The van der Waals surface area contributed by atoms with Gasteiger partial charge in [0.25, 0.3) is 5.91 Å². The summed E-state index contributed by atoms with van der Waals surface area (Å²) in [4.78, 5) is 16.3. The number of nitrogens with zero attached hydrogens (tertiary/aromatic N) is 3. The van der Waals surface area contributed by atoms with Crippen molar-refractivity contribution in [2.45, 2.75) is 6.42 Å². The normalized spacial score (nSPS) is 9.81. The Morgan fingerprint density at radius 2 is 2.24 bits per heavy atom. The second kappa shape index (κ2) is 7.22. The van der Waals surface area contributed by atoms with Crippen molar-refractivity contribution in [1.82, 2.24) is 20.1 Å². The second-order valence-electron chi connectivity index (χ2n) is 4.39. The molecule has 0 unspecified atom stereocenters. The van der Waals surface area contributed by atoms with Gasteiger partial charge in [-0.1, -0.05) is 24.0 Å². The highest BCUT2D eigenvalue weighted by Gasteiger charge is 2.09. The summed E-state index contributed by atoms with van der Waals surface area (Å²) in [5.74, 6) is 6.20. The lowest BCUT2D eigenvalue weighted by molar-refractivity contribution is 0.0954. The summed E-state index contributed by atoms with van der Waals surface area (Å²) < 4.78 is 1.63. The number of benzene rings is 1. The van der Waals surface area contributed by atoms with Crippen molar-refractivity contribution in [3.63, 3.8) is 0 Å². The zero-order valence-electron chi connectivity index (χ0n) is 11.8. The van der Waals surface area contributed by atoms with Crippen LogP contribution in [-0.4, -0.2) is 33.8 Å². The van der Waals surface area contributed by atoms with E-state index in [-0.39, 0.29) is 12.5 Å². The number of carbonyl (C=O) groups excluding carboxylic acids is 1. The van der Waals surface area contributed by atoms with E-state index in [2.05, 4.69) is 27.2 Å². The molecule has 1 aromatic carbocycles. The Morgan fingerprint density at radius 3 is 2.95 bits per heavy atom. The Balaban J connectivity index is 1.97. The van der Waals surface area contributed by atoms with Gasteiger partial charge in [0.1, 0.15) is 6.33 Å². The monoisotopic (exact) mass is 283 g/mol. The number of amides is 1. The second-order valence-corrected chi connectivity index (χ2v) is 4.39. The van der Waals surface area contributed by atoms with Gasteiger partial charge >= 0.3 is 0 Å². The SMILES string of the molecule is Cn1cnc(CCNC(=O)c2ccccc2C#CCN)n1. The molecule has 0 saturated heterocycles. The number of nitrogens with two attached hydrogens (primary N) is 1. The molecule has 2 aromatic rings. The van der Waals surface area contributed by atoms with E-state index in [0.29, 0.717) is 29.9 Å². The van der Waals surface area contributed by atoms with E-state index < -0.39 is 0 Å². The Kier molecular flexibility index (Phi) is 5.07. The first-order valence-corrected chi connectivity index (χ1v) is 6.61. The van der Waals surface area contributed by atoms with Gasteiger partial charge in [-0.25, -0.2) is 4.98 Å². The lowest BCUT2D eigenvalue weighted by Crippen LogP contribution is -2.26. The molecule has 6 nitrogen and oxygen atoms in total. The molecular formula is C15H17N5O. The van der Waals surface area contributed by atoms with Gasteiger partial charge in [-0.2, -0.15) is 5.10 Å². The van der Waals surface area contributed by atoms with Crippen LogP contribution in [0.25, 0.3) is 0 Å². The molecule has 1 aromatic heterocycles. The van der Waals surface area contributed by atoms with Crippen LogP contribution in [0.2, 0.25) is 0 Å². The molecular weight excluding hydrogens is 266 g/mol. The number of nitrogens with one attached hydrogen (secondary N) is 1. The molecule has 0 aliphatic carbocycles. The van der Waals surface area contributed by atoms with Gasteiger partial charge in [0.2, 0.25) is 0 Å². The van der Waals surface area contributed by atoms with E-state index in [9.17, 15) is 4.79 Å². The minimum absolute atomic E-state index is 0.159. The first kappa shape index (κ1) is 14.8. The molecule has 1 heterocycles. The smallest absolute Gasteiger partial charge is 0.252 e. The third-order valence-electron chi connectivity index (χ3n) is 2.78. The predicted molar refractivity (Wildman–Crippen MR) is 79.4 cm³/mol. The van der Waals surface area contributed by atoms with Gasteiger partial charge < -0.3 is 11.1 Å². The summed E-state index contributed by atoms with van der Waals surface area (Å²) in [6.45, 7) is 0.739. The number of carbonyl (C=O) groups is 1. The molecule has 3 N–H and O–H groups in total. The number of rotatable bonds is 4. The van der Waals surface area contributed by atoms with Crippen molar-refractivity contribution in [3.8, 4) is 11.8 Å². The lowest BCUT2D eigenvalue weighted by atomic mass is 10.1. The highest BCUT2D eigenvalue weighted by atomic mass is 16.1. The number of aryl methyl sites for hydroxylation is 1. The molecule has 0 fully saturated rings. The molecule has 1 amide bonds. The predicted octanol–water partition coefficient (Wildman–Crippen LogP) is 0.0978. The Morgan fingerprint density at radius 1 is 1.43 bits per heavy atom. The molecule has 0 bridgehead atoms. The van der Waals surface area contributed by atoms with Crippen LogP contribution in [0.4, 0.5) is 0 Å². The number of hydrogen-bond acceptors (Lipinski definition) is 4. The molecule has 6 heteroatoms. The fourth-order valence-electron chi connectivity index (χ4n) is 1.82. The van der Waals surface area contributed by atoms with Crippen molar-refractivity contribution in [3.05, 3.63) is 47.5 Å². The van der Waals surface area contributed by atoms with Crippen LogP contribution in [0, 0.1) is 11.8 Å². The molecule has 21 heavy (non-hydrogen) atoms. The van der Waals surface area contributed by atoms with E-state index in [0.717, 1.165) is 0 Å². The summed E-state index contributed by atoms with van der Waals surface area (Å²) in [6.07, 6.45) is 2.22. The summed E-state index contributed by atoms with van der Waals surface area (Å²) in [7, 11) is 1.81. The van der Waals surface area contributed by atoms with Gasteiger partial charge in [-0.05, 0) is 12.1 Å².